The average Bonchev–Trinajstić information content (AvgIpc) is 3.16. The summed E-state index contributed by atoms with van der Waals surface area (Å²) in [6.07, 6.45) is 2.16. The van der Waals surface area contributed by atoms with Gasteiger partial charge in [0.25, 0.3) is 5.91 Å². The van der Waals surface area contributed by atoms with Gasteiger partial charge >= 0.3 is 0 Å². The van der Waals surface area contributed by atoms with Gasteiger partial charge < -0.3 is 10.6 Å². The molecule has 0 saturated carbocycles. The SMILES string of the molecule is CCCCSc1nc2n(n1)C(c1cccc(F)c1)C(C(=O)Nc1ccc(C)cc1)=C(C)N2. The smallest absolute Gasteiger partial charge is 0.255 e. The van der Waals surface area contributed by atoms with Crippen molar-refractivity contribution in [2.24, 2.45) is 0 Å². The highest BCUT2D eigenvalue weighted by Gasteiger charge is 2.34. The van der Waals surface area contributed by atoms with Crippen molar-refractivity contribution >= 4 is 29.3 Å². The molecule has 1 unspecified atom stereocenters. The van der Waals surface area contributed by atoms with E-state index in [4.69, 9.17) is 0 Å². The number of carbonyl (C=O) groups excluding carboxylic acids is 1. The summed E-state index contributed by atoms with van der Waals surface area (Å²) in [5.74, 6) is 0.825. The van der Waals surface area contributed by atoms with Gasteiger partial charge in [0.1, 0.15) is 11.9 Å². The Morgan fingerprint density at radius 2 is 2.00 bits per heavy atom. The molecule has 1 aliphatic heterocycles. The van der Waals surface area contributed by atoms with Crippen LogP contribution in [0.25, 0.3) is 0 Å². The minimum atomic E-state index is -0.597. The van der Waals surface area contributed by atoms with Crippen molar-refractivity contribution in [3.05, 3.63) is 76.7 Å². The highest BCUT2D eigenvalue weighted by Crippen LogP contribution is 2.37. The van der Waals surface area contributed by atoms with Crippen molar-refractivity contribution in [2.45, 2.75) is 44.8 Å². The van der Waals surface area contributed by atoms with E-state index in [2.05, 4.69) is 27.6 Å². The second-order valence-corrected chi connectivity index (χ2v) is 8.87. The summed E-state index contributed by atoms with van der Waals surface area (Å²) in [4.78, 5) is 18.0. The Morgan fingerprint density at radius 1 is 1.22 bits per heavy atom. The zero-order chi connectivity index (χ0) is 22.7. The quantitative estimate of drug-likeness (QED) is 0.364. The molecule has 3 aromatic rings. The maximum absolute atomic E-state index is 14.1. The minimum absolute atomic E-state index is 0.269. The summed E-state index contributed by atoms with van der Waals surface area (Å²) in [5.41, 5.74) is 3.57. The maximum atomic E-state index is 14.1. The van der Waals surface area contributed by atoms with Gasteiger partial charge in [-0.1, -0.05) is 54.9 Å². The molecule has 0 bridgehead atoms. The molecule has 0 spiro atoms. The van der Waals surface area contributed by atoms with Crippen LogP contribution in [0.3, 0.4) is 0 Å². The van der Waals surface area contributed by atoms with Crippen LogP contribution in [0.1, 0.15) is 43.9 Å². The molecular formula is C24H26FN5OS. The first kappa shape index (κ1) is 22.1. The van der Waals surface area contributed by atoms with Crippen LogP contribution in [-0.4, -0.2) is 26.4 Å². The number of anilines is 2. The van der Waals surface area contributed by atoms with Crippen LogP contribution in [0, 0.1) is 12.7 Å². The molecule has 8 heteroatoms. The van der Waals surface area contributed by atoms with E-state index in [-0.39, 0.29) is 11.7 Å². The van der Waals surface area contributed by atoms with Crippen LogP contribution >= 0.6 is 11.8 Å². The molecule has 32 heavy (non-hydrogen) atoms. The highest BCUT2D eigenvalue weighted by atomic mass is 32.2. The summed E-state index contributed by atoms with van der Waals surface area (Å²) in [7, 11) is 0. The third-order valence-electron chi connectivity index (χ3n) is 5.28. The first-order valence-electron chi connectivity index (χ1n) is 10.7. The van der Waals surface area contributed by atoms with Gasteiger partial charge in [0, 0.05) is 17.1 Å². The molecule has 166 valence electrons. The van der Waals surface area contributed by atoms with Gasteiger partial charge in [-0.3, -0.25) is 4.79 Å². The molecule has 0 fully saturated rings. The average molecular weight is 452 g/mol. The topological polar surface area (TPSA) is 71.8 Å². The fourth-order valence-corrected chi connectivity index (χ4v) is 4.53. The predicted molar refractivity (Wildman–Crippen MR) is 126 cm³/mol. The number of fused-ring (bicyclic) bond motifs is 1. The van der Waals surface area contributed by atoms with Crippen LogP contribution in [0.15, 0.2) is 65.0 Å². The molecule has 0 saturated heterocycles. The lowest BCUT2D eigenvalue weighted by Crippen LogP contribution is -2.31. The van der Waals surface area contributed by atoms with Crippen LogP contribution in [0.5, 0.6) is 0 Å². The van der Waals surface area contributed by atoms with Gasteiger partial charge in [0.2, 0.25) is 11.1 Å². The van der Waals surface area contributed by atoms with E-state index in [9.17, 15) is 9.18 Å². The number of amides is 1. The molecule has 1 atom stereocenters. The van der Waals surface area contributed by atoms with Crippen molar-refractivity contribution in [1.29, 1.82) is 0 Å². The second-order valence-electron chi connectivity index (χ2n) is 7.81. The van der Waals surface area contributed by atoms with Gasteiger partial charge in [-0.2, -0.15) is 4.98 Å². The lowest BCUT2D eigenvalue weighted by Gasteiger charge is -2.28. The fourth-order valence-electron chi connectivity index (χ4n) is 3.61. The molecule has 0 radical (unpaired) electrons. The predicted octanol–water partition coefficient (Wildman–Crippen LogP) is 5.55. The summed E-state index contributed by atoms with van der Waals surface area (Å²) in [5, 5.41) is 11.5. The summed E-state index contributed by atoms with van der Waals surface area (Å²) in [6.45, 7) is 5.96. The molecule has 2 heterocycles. The van der Waals surface area contributed by atoms with E-state index in [0.29, 0.717) is 33.6 Å². The van der Waals surface area contributed by atoms with Crippen LogP contribution in [0.4, 0.5) is 16.0 Å². The zero-order valence-corrected chi connectivity index (χ0v) is 19.2. The van der Waals surface area contributed by atoms with Crippen molar-refractivity contribution in [3.8, 4) is 0 Å². The second kappa shape index (κ2) is 9.56. The molecule has 1 aromatic heterocycles. The van der Waals surface area contributed by atoms with Crippen molar-refractivity contribution in [3.63, 3.8) is 0 Å². The Kier molecular flexibility index (Phi) is 6.60. The Hall–Kier alpha value is -3.13. The number of hydrogen-bond donors (Lipinski definition) is 2. The van der Waals surface area contributed by atoms with Crippen LogP contribution in [-0.2, 0) is 4.79 Å². The van der Waals surface area contributed by atoms with Gasteiger partial charge in [-0.05, 0) is 50.1 Å². The molecular weight excluding hydrogens is 425 g/mol. The number of halogens is 1. The molecule has 1 aliphatic rings. The standard InChI is InChI=1S/C24H26FN5OS/c1-4-5-13-32-24-28-23-26-16(3)20(22(31)27-19-11-9-15(2)10-12-19)21(30(23)29-24)17-7-6-8-18(25)14-17/h6-12,14,21H,4-5,13H2,1-3H3,(H,27,31)(H,26,28,29). The number of aromatic nitrogens is 3. The Balaban J connectivity index is 1.72. The van der Waals surface area contributed by atoms with E-state index in [1.54, 1.807) is 28.6 Å². The normalized spacial score (nSPS) is 15.3. The number of rotatable bonds is 7. The zero-order valence-electron chi connectivity index (χ0n) is 18.4. The number of nitrogens with zero attached hydrogens (tertiary/aromatic N) is 3. The molecule has 2 N–H and O–H groups in total. The largest absolute Gasteiger partial charge is 0.328 e. The lowest BCUT2D eigenvalue weighted by atomic mass is 9.95. The van der Waals surface area contributed by atoms with Crippen molar-refractivity contribution < 1.29 is 9.18 Å². The number of allylic oxidation sites excluding steroid dienone is 1. The Bertz CT molecular complexity index is 1160. The van der Waals surface area contributed by atoms with Crippen molar-refractivity contribution in [2.75, 3.05) is 16.4 Å². The van der Waals surface area contributed by atoms with E-state index >= 15 is 0 Å². The Morgan fingerprint density at radius 3 is 2.72 bits per heavy atom. The number of thioether (sulfide) groups is 1. The first-order chi connectivity index (χ1) is 15.5. The Labute approximate surface area is 191 Å². The third kappa shape index (κ3) is 4.70. The number of hydrogen-bond acceptors (Lipinski definition) is 5. The summed E-state index contributed by atoms with van der Waals surface area (Å²) in [6, 6.07) is 13.3. The van der Waals surface area contributed by atoms with Gasteiger partial charge in [0.05, 0.1) is 5.57 Å². The van der Waals surface area contributed by atoms with E-state index in [1.165, 1.54) is 12.1 Å². The number of carbonyl (C=O) groups is 1. The molecule has 1 amide bonds. The van der Waals surface area contributed by atoms with E-state index < -0.39 is 6.04 Å². The van der Waals surface area contributed by atoms with E-state index in [1.807, 2.05) is 38.1 Å². The monoisotopic (exact) mass is 451 g/mol. The van der Waals surface area contributed by atoms with Crippen LogP contribution in [0.2, 0.25) is 0 Å². The summed E-state index contributed by atoms with van der Waals surface area (Å²) < 4.78 is 15.8. The number of nitrogens with one attached hydrogen (secondary N) is 2. The molecule has 2 aromatic carbocycles. The van der Waals surface area contributed by atoms with Gasteiger partial charge in [0.15, 0.2) is 0 Å². The third-order valence-corrected chi connectivity index (χ3v) is 6.20. The first-order valence-corrected chi connectivity index (χ1v) is 11.7. The minimum Gasteiger partial charge on any atom is -0.328 e. The molecule has 0 aliphatic carbocycles. The van der Waals surface area contributed by atoms with Gasteiger partial charge in [-0.25, -0.2) is 9.07 Å². The summed E-state index contributed by atoms with van der Waals surface area (Å²) >= 11 is 1.58. The molecule has 6 nitrogen and oxygen atoms in total. The fraction of sp³-hybridized carbons (Fsp3) is 0.292. The number of benzene rings is 2. The maximum Gasteiger partial charge on any atom is 0.255 e. The lowest BCUT2D eigenvalue weighted by molar-refractivity contribution is -0.113. The highest BCUT2D eigenvalue weighted by molar-refractivity contribution is 7.99. The number of unbranched alkanes of at least 4 members (excludes halogenated alkanes) is 1. The molecule has 4 rings (SSSR count). The van der Waals surface area contributed by atoms with Crippen molar-refractivity contribution in [1.82, 2.24) is 14.8 Å². The van der Waals surface area contributed by atoms with Crippen LogP contribution < -0.4 is 10.6 Å². The van der Waals surface area contributed by atoms with Gasteiger partial charge in [-0.15, -0.1) is 5.10 Å². The number of aryl methyl sites for hydroxylation is 1. The van der Waals surface area contributed by atoms with E-state index in [0.717, 1.165) is 24.2 Å².